The average molecular weight is 240 g/mol. The lowest BCUT2D eigenvalue weighted by Crippen LogP contribution is -2.18. The molecule has 1 rings (SSSR count). The lowest BCUT2D eigenvalue weighted by atomic mass is 10.1. The maximum atomic E-state index is 11.9. The smallest absolute Gasteiger partial charge is 0.0661 e. The monoisotopic (exact) mass is 240 g/mol. The van der Waals surface area contributed by atoms with Crippen LogP contribution in [0.15, 0.2) is 29.2 Å². The molecule has 0 heterocycles. The highest BCUT2D eigenvalue weighted by Crippen LogP contribution is 2.12. The quantitative estimate of drug-likeness (QED) is 0.858. The van der Waals surface area contributed by atoms with Crippen molar-refractivity contribution in [3.05, 3.63) is 29.8 Å². The third-order valence-corrected chi connectivity index (χ3v) is 3.86. The van der Waals surface area contributed by atoms with Gasteiger partial charge in [0.1, 0.15) is 0 Å². The molecule has 0 saturated carbocycles. The Morgan fingerprint density at radius 2 is 1.81 bits per heavy atom. The van der Waals surface area contributed by atoms with Crippen LogP contribution in [0.3, 0.4) is 0 Å². The largest absolute Gasteiger partial charge is 0.392 e. The zero-order chi connectivity index (χ0) is 12.1. The van der Waals surface area contributed by atoms with Crippen molar-refractivity contribution in [3.8, 4) is 0 Å². The zero-order valence-electron chi connectivity index (χ0n) is 10.1. The van der Waals surface area contributed by atoms with Gasteiger partial charge >= 0.3 is 0 Å². The summed E-state index contributed by atoms with van der Waals surface area (Å²) in [5.41, 5.74) is 1.16. The molecule has 90 valence electrons. The number of aryl methyl sites for hydroxylation is 1. The number of aliphatic hydroxyl groups excluding tert-OH is 1. The molecule has 0 amide bonds. The van der Waals surface area contributed by atoms with Crippen molar-refractivity contribution in [2.75, 3.05) is 5.75 Å². The molecule has 1 aromatic rings. The second-order valence-corrected chi connectivity index (χ2v) is 6.10. The lowest BCUT2D eigenvalue weighted by molar-refractivity contribution is 0.171. The zero-order valence-corrected chi connectivity index (χ0v) is 11.0. The van der Waals surface area contributed by atoms with E-state index in [1.807, 2.05) is 31.2 Å². The number of aliphatic hydroxyl groups is 1. The SMILES string of the molecule is Cc1ccc([S@](=O)C[C@@H](O)CC(C)C)cc1. The van der Waals surface area contributed by atoms with Crippen molar-refractivity contribution in [2.24, 2.45) is 5.92 Å². The maximum Gasteiger partial charge on any atom is 0.0661 e. The van der Waals surface area contributed by atoms with Gasteiger partial charge < -0.3 is 5.11 Å². The Balaban J connectivity index is 2.55. The van der Waals surface area contributed by atoms with Gasteiger partial charge in [0.2, 0.25) is 0 Å². The molecule has 0 unspecified atom stereocenters. The van der Waals surface area contributed by atoms with Crippen LogP contribution in [-0.4, -0.2) is 21.2 Å². The van der Waals surface area contributed by atoms with E-state index in [-0.39, 0.29) is 0 Å². The molecule has 3 heteroatoms. The first kappa shape index (κ1) is 13.4. The highest BCUT2D eigenvalue weighted by Gasteiger charge is 2.12. The predicted octanol–water partition coefficient (Wildman–Crippen LogP) is 2.51. The van der Waals surface area contributed by atoms with E-state index in [4.69, 9.17) is 0 Å². The number of hydrogen-bond donors (Lipinski definition) is 1. The highest BCUT2D eigenvalue weighted by atomic mass is 32.2. The van der Waals surface area contributed by atoms with E-state index in [2.05, 4.69) is 13.8 Å². The van der Waals surface area contributed by atoms with Crippen LogP contribution < -0.4 is 0 Å². The Labute approximate surface area is 100 Å². The van der Waals surface area contributed by atoms with Crippen molar-refractivity contribution in [3.63, 3.8) is 0 Å². The summed E-state index contributed by atoms with van der Waals surface area (Å²) >= 11 is 0. The summed E-state index contributed by atoms with van der Waals surface area (Å²) in [6, 6.07) is 7.63. The van der Waals surface area contributed by atoms with Crippen LogP contribution in [0.4, 0.5) is 0 Å². The molecule has 0 radical (unpaired) electrons. The summed E-state index contributed by atoms with van der Waals surface area (Å²) in [4.78, 5) is 0.799. The average Bonchev–Trinajstić information content (AvgIpc) is 2.16. The van der Waals surface area contributed by atoms with Gasteiger partial charge in [-0.1, -0.05) is 31.5 Å². The van der Waals surface area contributed by atoms with Gasteiger partial charge in [0.05, 0.1) is 22.7 Å². The Bertz CT molecular complexity index is 343. The van der Waals surface area contributed by atoms with Crippen LogP contribution in [0.2, 0.25) is 0 Å². The molecular formula is C13H20O2S. The number of rotatable bonds is 5. The first-order chi connectivity index (χ1) is 7.49. The first-order valence-corrected chi connectivity index (χ1v) is 6.94. The molecule has 0 fully saturated rings. The van der Waals surface area contributed by atoms with Crippen molar-refractivity contribution >= 4 is 10.8 Å². The lowest BCUT2D eigenvalue weighted by Gasteiger charge is -2.12. The maximum absolute atomic E-state index is 11.9. The fourth-order valence-corrected chi connectivity index (χ4v) is 2.69. The molecule has 0 aromatic heterocycles. The minimum atomic E-state index is -1.09. The van der Waals surface area contributed by atoms with E-state index in [0.29, 0.717) is 18.1 Å². The second kappa shape index (κ2) is 6.16. The van der Waals surface area contributed by atoms with Gasteiger partial charge in [-0.3, -0.25) is 4.21 Å². The van der Waals surface area contributed by atoms with Gasteiger partial charge in [-0.15, -0.1) is 0 Å². The summed E-state index contributed by atoms with van der Waals surface area (Å²) in [7, 11) is -1.09. The van der Waals surface area contributed by atoms with Crippen molar-refractivity contribution in [1.82, 2.24) is 0 Å². The molecule has 0 aliphatic heterocycles. The van der Waals surface area contributed by atoms with E-state index >= 15 is 0 Å². The van der Waals surface area contributed by atoms with Gasteiger partial charge in [0.15, 0.2) is 0 Å². The molecule has 1 aromatic carbocycles. The second-order valence-electron chi connectivity index (χ2n) is 4.61. The van der Waals surface area contributed by atoms with Gasteiger partial charge in [0.25, 0.3) is 0 Å². The summed E-state index contributed by atoms with van der Waals surface area (Å²) in [5.74, 6) is 0.770. The van der Waals surface area contributed by atoms with Crippen molar-refractivity contribution in [2.45, 2.75) is 38.2 Å². The van der Waals surface area contributed by atoms with Crippen molar-refractivity contribution in [1.29, 1.82) is 0 Å². The van der Waals surface area contributed by atoms with Gasteiger partial charge in [-0.05, 0) is 31.4 Å². The van der Waals surface area contributed by atoms with Crippen LogP contribution in [0, 0.1) is 12.8 Å². The summed E-state index contributed by atoms with van der Waals surface area (Å²) in [5, 5.41) is 9.71. The molecule has 0 aliphatic carbocycles. The Morgan fingerprint density at radius 3 is 2.31 bits per heavy atom. The molecule has 2 atom stereocenters. The summed E-state index contributed by atoms with van der Waals surface area (Å²) in [6.07, 6.45) is 0.236. The fourth-order valence-electron chi connectivity index (χ4n) is 1.57. The van der Waals surface area contributed by atoms with E-state index < -0.39 is 16.9 Å². The highest BCUT2D eigenvalue weighted by molar-refractivity contribution is 7.85. The molecule has 0 spiro atoms. The van der Waals surface area contributed by atoms with Crippen LogP contribution in [-0.2, 0) is 10.8 Å². The van der Waals surface area contributed by atoms with E-state index in [9.17, 15) is 9.32 Å². The molecule has 0 bridgehead atoms. The molecule has 0 aliphatic rings. The number of benzene rings is 1. The van der Waals surface area contributed by atoms with Crippen LogP contribution in [0.1, 0.15) is 25.8 Å². The Kier molecular flexibility index (Phi) is 5.16. The third kappa shape index (κ3) is 4.45. The summed E-state index contributed by atoms with van der Waals surface area (Å²) < 4.78 is 11.9. The molecule has 16 heavy (non-hydrogen) atoms. The van der Waals surface area contributed by atoms with E-state index in [0.717, 1.165) is 10.5 Å². The minimum Gasteiger partial charge on any atom is -0.392 e. The first-order valence-electron chi connectivity index (χ1n) is 5.62. The van der Waals surface area contributed by atoms with E-state index in [1.165, 1.54) is 0 Å². The Morgan fingerprint density at radius 1 is 1.25 bits per heavy atom. The van der Waals surface area contributed by atoms with Gasteiger partial charge in [-0.25, -0.2) is 0 Å². The normalized spacial score (nSPS) is 15.1. The summed E-state index contributed by atoms with van der Waals surface area (Å²) in [6.45, 7) is 6.11. The van der Waals surface area contributed by atoms with Gasteiger partial charge in [-0.2, -0.15) is 0 Å². The predicted molar refractivity (Wildman–Crippen MR) is 67.9 cm³/mol. The molecule has 1 N–H and O–H groups in total. The van der Waals surface area contributed by atoms with Crippen LogP contribution in [0.5, 0.6) is 0 Å². The molecule has 2 nitrogen and oxygen atoms in total. The Hall–Kier alpha value is -0.670. The van der Waals surface area contributed by atoms with Crippen LogP contribution in [0.25, 0.3) is 0 Å². The van der Waals surface area contributed by atoms with Gasteiger partial charge in [0, 0.05) is 4.90 Å². The topological polar surface area (TPSA) is 37.3 Å². The third-order valence-electron chi connectivity index (χ3n) is 2.37. The molecule has 0 saturated heterocycles. The van der Waals surface area contributed by atoms with Crippen molar-refractivity contribution < 1.29 is 9.32 Å². The standard InChI is InChI=1S/C13H20O2S/c1-10(2)8-12(14)9-16(15)13-6-4-11(3)5-7-13/h4-7,10,12,14H,8-9H2,1-3H3/t12-,16+/m0/s1. The fraction of sp³-hybridized carbons (Fsp3) is 0.538. The number of hydrogen-bond acceptors (Lipinski definition) is 2. The minimum absolute atomic E-state index is 0.335. The van der Waals surface area contributed by atoms with Crippen LogP contribution >= 0.6 is 0 Å². The molecular weight excluding hydrogens is 220 g/mol. The van der Waals surface area contributed by atoms with E-state index in [1.54, 1.807) is 0 Å².